The zero-order chi connectivity index (χ0) is 22.3. The lowest BCUT2D eigenvalue weighted by Crippen LogP contribution is -2.52. The number of hydrogen-bond acceptors (Lipinski definition) is 6. The molecule has 3 aliphatic heterocycles. The molecule has 4 heterocycles. The number of nitriles is 1. The van der Waals surface area contributed by atoms with Crippen LogP contribution in [-0.4, -0.2) is 90.4 Å². The molecular formula is C24H34N6O2. The molecule has 0 bridgehead atoms. The maximum Gasteiger partial charge on any atom is 0.236 e. The molecule has 1 aromatic rings. The van der Waals surface area contributed by atoms with Crippen molar-refractivity contribution in [1.29, 1.82) is 5.26 Å². The van der Waals surface area contributed by atoms with E-state index in [0.717, 1.165) is 70.8 Å². The summed E-state index contributed by atoms with van der Waals surface area (Å²) in [6, 6.07) is 5.78. The number of amides is 2. The number of carbonyl (C=O) groups excluding carboxylic acids is 2. The second-order valence-electron chi connectivity index (χ2n) is 9.14. The number of hydrogen-bond donors (Lipinski definition) is 0. The summed E-state index contributed by atoms with van der Waals surface area (Å²) in [6.07, 6.45) is 7.98. The highest BCUT2D eigenvalue weighted by atomic mass is 16.2. The van der Waals surface area contributed by atoms with Gasteiger partial charge in [-0.2, -0.15) is 5.26 Å². The molecule has 2 amide bonds. The van der Waals surface area contributed by atoms with Gasteiger partial charge in [0.15, 0.2) is 0 Å². The van der Waals surface area contributed by atoms with Crippen molar-refractivity contribution in [1.82, 2.24) is 19.7 Å². The Balaban J connectivity index is 1.21. The Kier molecular flexibility index (Phi) is 7.59. The van der Waals surface area contributed by atoms with E-state index in [4.69, 9.17) is 0 Å². The number of anilines is 1. The molecule has 0 saturated carbocycles. The molecule has 0 atom stereocenters. The Morgan fingerprint density at radius 2 is 1.62 bits per heavy atom. The largest absolute Gasteiger partial charge is 0.353 e. The summed E-state index contributed by atoms with van der Waals surface area (Å²) in [5.41, 5.74) is 0.592. The van der Waals surface area contributed by atoms with Crippen LogP contribution < -0.4 is 4.90 Å². The quantitative estimate of drug-likeness (QED) is 0.712. The van der Waals surface area contributed by atoms with Crippen LogP contribution in [0.5, 0.6) is 0 Å². The van der Waals surface area contributed by atoms with Gasteiger partial charge in [-0.15, -0.1) is 0 Å². The first-order chi connectivity index (χ1) is 15.7. The van der Waals surface area contributed by atoms with Crippen molar-refractivity contribution in [2.75, 3.05) is 63.8 Å². The number of rotatable bonds is 4. The Labute approximate surface area is 190 Å². The molecule has 3 fully saturated rings. The Morgan fingerprint density at radius 1 is 0.938 bits per heavy atom. The second-order valence-corrected chi connectivity index (χ2v) is 9.14. The molecule has 0 aliphatic carbocycles. The predicted molar refractivity (Wildman–Crippen MR) is 122 cm³/mol. The highest BCUT2D eigenvalue weighted by molar-refractivity contribution is 5.81. The second kappa shape index (κ2) is 10.8. The maximum absolute atomic E-state index is 12.9. The zero-order valence-corrected chi connectivity index (χ0v) is 18.9. The van der Waals surface area contributed by atoms with Gasteiger partial charge in [0, 0.05) is 64.5 Å². The molecule has 0 unspecified atom stereocenters. The summed E-state index contributed by atoms with van der Waals surface area (Å²) in [7, 11) is 0. The Hall–Kier alpha value is -2.66. The van der Waals surface area contributed by atoms with E-state index in [1.807, 2.05) is 4.90 Å². The van der Waals surface area contributed by atoms with E-state index in [0.29, 0.717) is 31.1 Å². The van der Waals surface area contributed by atoms with E-state index in [1.54, 1.807) is 18.3 Å². The van der Waals surface area contributed by atoms with Crippen LogP contribution in [0.2, 0.25) is 0 Å². The lowest BCUT2D eigenvalue weighted by molar-refractivity contribution is -0.141. The third-order valence-corrected chi connectivity index (χ3v) is 7.05. The fourth-order valence-electron chi connectivity index (χ4n) is 5.07. The van der Waals surface area contributed by atoms with E-state index < -0.39 is 0 Å². The van der Waals surface area contributed by atoms with Gasteiger partial charge in [0.1, 0.15) is 11.9 Å². The minimum absolute atomic E-state index is 0.0772. The van der Waals surface area contributed by atoms with Crippen molar-refractivity contribution in [3.05, 3.63) is 23.9 Å². The Bertz CT molecular complexity index is 829. The first-order valence-corrected chi connectivity index (χ1v) is 12.0. The summed E-state index contributed by atoms with van der Waals surface area (Å²) < 4.78 is 0. The van der Waals surface area contributed by atoms with Crippen LogP contribution in [0, 0.1) is 17.2 Å². The van der Waals surface area contributed by atoms with Crippen molar-refractivity contribution in [3.63, 3.8) is 0 Å². The first-order valence-electron chi connectivity index (χ1n) is 12.0. The van der Waals surface area contributed by atoms with Crippen molar-refractivity contribution in [3.8, 4) is 6.07 Å². The van der Waals surface area contributed by atoms with Crippen molar-refractivity contribution in [2.24, 2.45) is 5.92 Å². The summed E-state index contributed by atoms with van der Waals surface area (Å²) in [5.74, 6) is 1.28. The highest BCUT2D eigenvalue weighted by Crippen LogP contribution is 2.22. The maximum atomic E-state index is 12.9. The fourth-order valence-corrected chi connectivity index (χ4v) is 5.07. The lowest BCUT2D eigenvalue weighted by atomic mass is 9.95. The lowest BCUT2D eigenvalue weighted by Gasteiger charge is -2.38. The van der Waals surface area contributed by atoms with Crippen LogP contribution in [-0.2, 0) is 9.59 Å². The van der Waals surface area contributed by atoms with Crippen molar-refractivity contribution >= 4 is 17.6 Å². The molecule has 1 aromatic heterocycles. The summed E-state index contributed by atoms with van der Waals surface area (Å²) in [4.78, 5) is 38.4. The van der Waals surface area contributed by atoms with Gasteiger partial charge in [-0.1, -0.05) is 12.8 Å². The molecule has 8 nitrogen and oxygen atoms in total. The number of likely N-dealkylation sites (tertiary alicyclic amines) is 2. The van der Waals surface area contributed by atoms with E-state index >= 15 is 0 Å². The van der Waals surface area contributed by atoms with Gasteiger partial charge in [-0.25, -0.2) is 4.98 Å². The first kappa shape index (κ1) is 22.5. The number of pyridine rings is 1. The van der Waals surface area contributed by atoms with Crippen LogP contribution >= 0.6 is 0 Å². The molecule has 0 spiro atoms. The standard InChI is InChI=1S/C24H34N6O2/c25-18-21-6-5-9-26-23(21)29-16-14-27(15-17-29)19-22(31)28-12-7-20(8-13-28)24(32)30-10-3-1-2-4-11-30/h5-6,9,20H,1-4,7-8,10-17,19H2. The monoisotopic (exact) mass is 438 g/mol. The number of piperazine rings is 1. The van der Waals surface area contributed by atoms with Gasteiger partial charge in [-0.05, 0) is 37.8 Å². The van der Waals surface area contributed by atoms with Gasteiger partial charge in [0.2, 0.25) is 11.8 Å². The van der Waals surface area contributed by atoms with Crippen LogP contribution in [0.4, 0.5) is 5.82 Å². The number of piperidine rings is 1. The molecule has 3 aliphatic rings. The molecule has 8 heteroatoms. The predicted octanol–water partition coefficient (Wildman–Crippen LogP) is 1.72. The van der Waals surface area contributed by atoms with E-state index in [-0.39, 0.29) is 11.8 Å². The summed E-state index contributed by atoms with van der Waals surface area (Å²) >= 11 is 0. The van der Waals surface area contributed by atoms with Gasteiger partial charge < -0.3 is 14.7 Å². The van der Waals surface area contributed by atoms with Crippen LogP contribution in [0.15, 0.2) is 18.3 Å². The van der Waals surface area contributed by atoms with Crippen LogP contribution in [0.1, 0.15) is 44.1 Å². The van der Waals surface area contributed by atoms with E-state index in [2.05, 4.69) is 25.8 Å². The summed E-state index contributed by atoms with van der Waals surface area (Å²) in [6.45, 7) is 6.65. The van der Waals surface area contributed by atoms with Gasteiger partial charge >= 0.3 is 0 Å². The van der Waals surface area contributed by atoms with E-state index in [9.17, 15) is 14.9 Å². The molecule has 0 radical (unpaired) electrons. The van der Waals surface area contributed by atoms with Crippen LogP contribution in [0.25, 0.3) is 0 Å². The number of aromatic nitrogens is 1. The van der Waals surface area contributed by atoms with E-state index in [1.165, 1.54) is 12.8 Å². The van der Waals surface area contributed by atoms with Crippen LogP contribution in [0.3, 0.4) is 0 Å². The third kappa shape index (κ3) is 5.39. The normalized spacial score (nSPS) is 21.2. The fraction of sp³-hybridized carbons (Fsp3) is 0.667. The molecule has 4 rings (SSSR count). The number of nitrogens with zero attached hydrogens (tertiary/aromatic N) is 6. The smallest absolute Gasteiger partial charge is 0.236 e. The summed E-state index contributed by atoms with van der Waals surface area (Å²) in [5, 5.41) is 9.30. The van der Waals surface area contributed by atoms with Gasteiger partial charge in [0.25, 0.3) is 0 Å². The van der Waals surface area contributed by atoms with Gasteiger partial charge in [-0.3, -0.25) is 14.5 Å². The molecule has 3 saturated heterocycles. The SMILES string of the molecule is N#Cc1cccnc1N1CCN(CC(=O)N2CCC(C(=O)N3CCCCCC3)CC2)CC1. The average molecular weight is 439 g/mol. The topological polar surface area (TPSA) is 83.8 Å². The minimum Gasteiger partial charge on any atom is -0.353 e. The number of carbonyl (C=O) groups is 2. The molecule has 32 heavy (non-hydrogen) atoms. The molecule has 172 valence electrons. The minimum atomic E-state index is 0.0772. The van der Waals surface area contributed by atoms with Gasteiger partial charge in [0.05, 0.1) is 12.1 Å². The zero-order valence-electron chi connectivity index (χ0n) is 18.9. The molecular weight excluding hydrogens is 404 g/mol. The average Bonchev–Trinajstić information content (AvgIpc) is 3.14. The Morgan fingerprint density at radius 3 is 2.28 bits per heavy atom. The third-order valence-electron chi connectivity index (χ3n) is 7.05. The molecule has 0 N–H and O–H groups in total. The highest BCUT2D eigenvalue weighted by Gasteiger charge is 2.31. The molecule has 0 aromatic carbocycles. The van der Waals surface area contributed by atoms with Crippen molar-refractivity contribution in [2.45, 2.75) is 38.5 Å². The van der Waals surface area contributed by atoms with Crippen molar-refractivity contribution < 1.29 is 9.59 Å².